The topological polar surface area (TPSA) is 12.0 Å². The van der Waals surface area contributed by atoms with Crippen LogP contribution < -0.4 is 5.32 Å². The second kappa shape index (κ2) is 6.56. The van der Waals surface area contributed by atoms with Gasteiger partial charge in [-0.25, -0.2) is 0 Å². The van der Waals surface area contributed by atoms with Gasteiger partial charge >= 0.3 is 0 Å². The van der Waals surface area contributed by atoms with Gasteiger partial charge in [0.1, 0.15) is 0 Å². The Morgan fingerprint density at radius 2 is 1.39 bits per heavy atom. The van der Waals surface area contributed by atoms with Crippen LogP contribution in [-0.2, 0) is 6.16 Å². The predicted molar refractivity (Wildman–Crippen MR) is 82.9 cm³/mol. The molecule has 0 amide bonds. The van der Waals surface area contributed by atoms with Crippen LogP contribution in [0.25, 0.3) is 0 Å². The Bertz CT molecular complexity index is 426. The van der Waals surface area contributed by atoms with Gasteiger partial charge in [-0.2, -0.15) is 0 Å². The van der Waals surface area contributed by atoms with Gasteiger partial charge in [0.15, 0.2) is 0 Å². The minimum Gasteiger partial charge on any atom is -0.381 e. The molecular formula is C16H20NP. The number of hydrogen-bond acceptors (Lipinski definition) is 1. The predicted octanol–water partition coefficient (Wildman–Crippen LogP) is 4.55. The van der Waals surface area contributed by atoms with Crippen LogP contribution in [0.5, 0.6) is 0 Å². The Hall–Kier alpha value is -1.33. The zero-order valence-corrected chi connectivity index (χ0v) is 12.0. The average molecular weight is 257 g/mol. The molecule has 0 aliphatic heterocycles. The van der Waals surface area contributed by atoms with E-state index in [0.29, 0.717) is 0 Å². The van der Waals surface area contributed by atoms with E-state index in [1.807, 2.05) is 0 Å². The Morgan fingerprint density at radius 3 is 2.00 bits per heavy atom. The number of benzene rings is 2. The third-order valence-corrected chi connectivity index (χ3v) is 4.00. The summed E-state index contributed by atoms with van der Waals surface area (Å²) in [4.78, 5) is 0. The molecule has 0 aromatic heterocycles. The van der Waals surface area contributed by atoms with E-state index < -0.39 is 0 Å². The first-order valence-corrected chi connectivity index (χ1v) is 7.72. The molecule has 0 radical (unpaired) electrons. The van der Waals surface area contributed by atoms with Gasteiger partial charge in [0.05, 0.1) is 0 Å². The molecule has 2 aromatic rings. The van der Waals surface area contributed by atoms with Crippen LogP contribution in [0.3, 0.4) is 0 Å². The Kier molecular flexibility index (Phi) is 4.78. The van der Waals surface area contributed by atoms with Crippen LogP contribution in [-0.4, -0.2) is 6.29 Å². The van der Waals surface area contributed by atoms with Crippen molar-refractivity contribution in [1.82, 2.24) is 0 Å². The normalized spacial score (nSPS) is 11.0. The first-order chi connectivity index (χ1) is 8.74. The van der Waals surface area contributed by atoms with Gasteiger partial charge in [0.2, 0.25) is 0 Å². The quantitative estimate of drug-likeness (QED) is 0.612. The average Bonchev–Trinajstić information content (AvgIpc) is 2.39. The first kappa shape index (κ1) is 13.1. The van der Waals surface area contributed by atoms with Crippen molar-refractivity contribution in [3.05, 3.63) is 65.2 Å². The van der Waals surface area contributed by atoms with Crippen molar-refractivity contribution in [2.24, 2.45) is 0 Å². The fourth-order valence-electron chi connectivity index (χ4n) is 1.75. The highest BCUT2D eigenvalue weighted by molar-refractivity contribution is 7.37. The summed E-state index contributed by atoms with van der Waals surface area (Å²) in [6, 6.07) is 17.4. The third kappa shape index (κ3) is 4.16. The van der Waals surface area contributed by atoms with Crippen LogP contribution in [0.15, 0.2) is 48.5 Å². The maximum absolute atomic E-state index is 3.47. The van der Waals surface area contributed by atoms with Crippen LogP contribution in [0, 0.1) is 13.8 Å². The second-order valence-corrected chi connectivity index (χ2v) is 5.84. The fraction of sp³-hybridized carbons (Fsp3) is 0.250. The van der Waals surface area contributed by atoms with E-state index >= 15 is 0 Å². The Balaban J connectivity index is 1.73. The van der Waals surface area contributed by atoms with Crippen LogP contribution >= 0.6 is 8.58 Å². The number of aryl methyl sites for hydroxylation is 2. The summed E-state index contributed by atoms with van der Waals surface area (Å²) in [5.74, 6) is 0. The van der Waals surface area contributed by atoms with Crippen LogP contribution in [0.1, 0.15) is 16.7 Å². The molecular weight excluding hydrogens is 237 g/mol. The van der Waals surface area contributed by atoms with E-state index in [9.17, 15) is 0 Å². The largest absolute Gasteiger partial charge is 0.381 e. The highest BCUT2D eigenvalue weighted by Crippen LogP contribution is 2.19. The molecule has 0 saturated carbocycles. The molecule has 94 valence electrons. The van der Waals surface area contributed by atoms with E-state index in [1.54, 1.807) is 0 Å². The maximum Gasteiger partial charge on any atom is 0.0343 e. The summed E-state index contributed by atoms with van der Waals surface area (Å²) in [6.45, 7) is 4.24. The highest BCUT2D eigenvalue weighted by Gasteiger charge is 1.94. The van der Waals surface area contributed by atoms with E-state index in [1.165, 1.54) is 28.5 Å². The molecule has 1 atom stereocenters. The van der Waals surface area contributed by atoms with Crippen molar-refractivity contribution in [3.63, 3.8) is 0 Å². The lowest BCUT2D eigenvalue weighted by molar-refractivity contribution is 1.34. The van der Waals surface area contributed by atoms with Crippen molar-refractivity contribution < 1.29 is 0 Å². The van der Waals surface area contributed by atoms with Crippen molar-refractivity contribution >= 4 is 14.3 Å². The van der Waals surface area contributed by atoms with E-state index in [2.05, 4.69) is 67.7 Å². The van der Waals surface area contributed by atoms with E-state index in [-0.39, 0.29) is 0 Å². The van der Waals surface area contributed by atoms with Gasteiger partial charge in [0, 0.05) is 12.0 Å². The number of anilines is 1. The maximum atomic E-state index is 3.47. The SMILES string of the molecule is Cc1ccc(CPCNc2ccc(C)cc2)cc1. The monoisotopic (exact) mass is 257 g/mol. The van der Waals surface area contributed by atoms with E-state index in [0.717, 1.165) is 14.9 Å². The summed E-state index contributed by atoms with van der Waals surface area (Å²) in [5.41, 5.74) is 5.30. The van der Waals surface area contributed by atoms with Gasteiger partial charge in [-0.15, -0.1) is 0 Å². The summed E-state index contributed by atoms with van der Waals surface area (Å²) in [5, 5.41) is 3.47. The molecule has 0 aliphatic carbocycles. The lowest BCUT2D eigenvalue weighted by Gasteiger charge is -2.07. The van der Waals surface area contributed by atoms with E-state index in [4.69, 9.17) is 0 Å². The van der Waals surface area contributed by atoms with Gasteiger partial charge < -0.3 is 5.32 Å². The van der Waals surface area contributed by atoms with Crippen molar-refractivity contribution in [1.29, 1.82) is 0 Å². The van der Waals surface area contributed by atoms with Gasteiger partial charge in [-0.3, -0.25) is 0 Å². The molecule has 0 bridgehead atoms. The number of nitrogens with one attached hydrogen (secondary N) is 1. The summed E-state index contributed by atoms with van der Waals surface area (Å²) in [6.07, 6.45) is 2.22. The third-order valence-electron chi connectivity index (χ3n) is 2.92. The molecule has 0 saturated heterocycles. The lowest BCUT2D eigenvalue weighted by Crippen LogP contribution is -1.96. The molecule has 0 heterocycles. The Labute approximate surface area is 111 Å². The summed E-state index contributed by atoms with van der Waals surface area (Å²) in [7, 11) is 0.918. The minimum atomic E-state index is 0.918. The zero-order chi connectivity index (χ0) is 12.8. The fourth-order valence-corrected chi connectivity index (χ4v) is 2.73. The summed E-state index contributed by atoms with van der Waals surface area (Å²) < 4.78 is 0. The minimum absolute atomic E-state index is 0.918. The second-order valence-electron chi connectivity index (χ2n) is 4.63. The zero-order valence-electron chi connectivity index (χ0n) is 11.0. The summed E-state index contributed by atoms with van der Waals surface area (Å²) >= 11 is 0. The molecule has 0 spiro atoms. The van der Waals surface area contributed by atoms with Crippen LogP contribution in [0.4, 0.5) is 5.69 Å². The molecule has 2 rings (SSSR count). The van der Waals surface area contributed by atoms with Crippen molar-refractivity contribution in [2.75, 3.05) is 11.6 Å². The first-order valence-electron chi connectivity index (χ1n) is 6.31. The molecule has 0 fully saturated rings. The number of hydrogen-bond donors (Lipinski definition) is 1. The molecule has 2 aromatic carbocycles. The molecule has 0 aliphatic rings. The van der Waals surface area contributed by atoms with Crippen molar-refractivity contribution in [2.45, 2.75) is 20.0 Å². The molecule has 1 N–H and O–H groups in total. The molecule has 2 heteroatoms. The van der Waals surface area contributed by atoms with Gasteiger partial charge in [-0.1, -0.05) is 56.1 Å². The van der Waals surface area contributed by atoms with Gasteiger partial charge in [0.25, 0.3) is 0 Å². The highest BCUT2D eigenvalue weighted by atomic mass is 31.1. The standard InChI is InChI=1S/C16H20NP/c1-13-3-7-15(8-4-13)11-18-12-17-16-9-5-14(2)6-10-16/h3-10,17-18H,11-12H2,1-2H3. The molecule has 18 heavy (non-hydrogen) atoms. The number of rotatable bonds is 5. The van der Waals surface area contributed by atoms with Crippen molar-refractivity contribution in [3.8, 4) is 0 Å². The molecule has 1 nitrogen and oxygen atoms in total. The lowest BCUT2D eigenvalue weighted by atomic mass is 10.2. The molecule has 1 unspecified atom stereocenters. The van der Waals surface area contributed by atoms with Crippen LogP contribution in [0.2, 0.25) is 0 Å². The smallest absolute Gasteiger partial charge is 0.0343 e. The Morgan fingerprint density at radius 1 is 0.833 bits per heavy atom. The van der Waals surface area contributed by atoms with Gasteiger partial charge in [-0.05, 0) is 37.7 Å².